The molecule has 0 aromatic carbocycles. The monoisotopic (exact) mass is 382 g/mol. The second-order valence-electron chi connectivity index (χ2n) is 5.82. The smallest absolute Gasteiger partial charge is 0.327 e. The number of rotatable bonds is 11. The minimum absolute atomic E-state index is 0.0348. The number of carboxylic acid groups (broad SMARTS) is 2. The van der Waals surface area contributed by atoms with Crippen LogP contribution in [-0.4, -0.2) is 60.9 Å². The molecule has 148 valence electrons. The first-order valence-electron chi connectivity index (χ1n) is 8.40. The number of carboxylic acids is 2. The molecule has 0 spiro atoms. The van der Waals surface area contributed by atoms with Crippen molar-refractivity contribution in [3.8, 4) is 6.01 Å². The zero-order valence-electron chi connectivity index (χ0n) is 14.8. The molecule has 0 aliphatic rings. The summed E-state index contributed by atoms with van der Waals surface area (Å²) in [6.45, 7) is 2.50. The lowest BCUT2D eigenvalue weighted by Gasteiger charge is -2.12. The van der Waals surface area contributed by atoms with E-state index in [0.717, 1.165) is 12.8 Å². The molecule has 27 heavy (non-hydrogen) atoms. The van der Waals surface area contributed by atoms with Gasteiger partial charge >= 0.3 is 23.6 Å². The SMILES string of the molecule is CCCCOc1nc(N)c2[nH]c(=O)n(CCN[C@@H](CC(=O)O)C(=O)O)c2n1. The van der Waals surface area contributed by atoms with Crippen molar-refractivity contribution < 1.29 is 24.5 Å². The van der Waals surface area contributed by atoms with E-state index in [2.05, 4.69) is 20.3 Å². The number of nitrogen functional groups attached to an aromatic ring is 1. The summed E-state index contributed by atoms with van der Waals surface area (Å²) in [6.07, 6.45) is 1.16. The molecule has 0 amide bonds. The van der Waals surface area contributed by atoms with Crippen LogP contribution in [0.1, 0.15) is 26.2 Å². The molecule has 12 heteroatoms. The van der Waals surface area contributed by atoms with Gasteiger partial charge in [-0.15, -0.1) is 0 Å². The predicted molar refractivity (Wildman–Crippen MR) is 94.6 cm³/mol. The maximum atomic E-state index is 12.2. The molecule has 0 saturated heterocycles. The molecule has 0 saturated carbocycles. The average molecular weight is 382 g/mol. The molecule has 0 unspecified atom stereocenters. The summed E-state index contributed by atoms with van der Waals surface area (Å²) in [4.78, 5) is 44.7. The minimum atomic E-state index is -1.29. The Kier molecular flexibility index (Phi) is 6.71. The number of nitrogens with zero attached hydrogens (tertiary/aromatic N) is 3. The second kappa shape index (κ2) is 8.98. The van der Waals surface area contributed by atoms with E-state index in [1.807, 2.05) is 6.92 Å². The van der Waals surface area contributed by atoms with Crippen molar-refractivity contribution in [2.45, 2.75) is 38.8 Å². The summed E-state index contributed by atoms with van der Waals surface area (Å²) in [5.41, 5.74) is 5.83. The van der Waals surface area contributed by atoms with Crippen LogP contribution in [0.4, 0.5) is 5.82 Å². The van der Waals surface area contributed by atoms with Crippen molar-refractivity contribution in [1.29, 1.82) is 0 Å². The van der Waals surface area contributed by atoms with Crippen LogP contribution in [0.3, 0.4) is 0 Å². The van der Waals surface area contributed by atoms with E-state index in [4.69, 9.17) is 20.7 Å². The zero-order valence-corrected chi connectivity index (χ0v) is 14.8. The number of fused-ring (bicyclic) bond motifs is 1. The van der Waals surface area contributed by atoms with Crippen LogP contribution < -0.4 is 21.5 Å². The van der Waals surface area contributed by atoms with Crippen LogP contribution in [-0.2, 0) is 16.1 Å². The first kappa shape index (κ1) is 20.2. The van der Waals surface area contributed by atoms with Crippen LogP contribution in [0.2, 0.25) is 0 Å². The normalized spacial score (nSPS) is 12.2. The molecule has 2 aromatic rings. The van der Waals surface area contributed by atoms with Gasteiger partial charge < -0.3 is 31.0 Å². The van der Waals surface area contributed by atoms with Gasteiger partial charge in [0.15, 0.2) is 11.5 Å². The van der Waals surface area contributed by atoms with Crippen molar-refractivity contribution >= 4 is 28.9 Å². The van der Waals surface area contributed by atoms with E-state index < -0.39 is 30.1 Å². The molecule has 0 aliphatic carbocycles. The fraction of sp³-hybridized carbons (Fsp3) is 0.533. The Morgan fingerprint density at radius 2 is 2.11 bits per heavy atom. The number of aromatic nitrogens is 4. The van der Waals surface area contributed by atoms with Crippen molar-refractivity contribution in [2.75, 3.05) is 18.9 Å². The Balaban J connectivity index is 2.17. The molecular weight excluding hydrogens is 360 g/mol. The number of carbonyl (C=O) groups is 2. The van der Waals surface area contributed by atoms with Gasteiger partial charge in [-0.2, -0.15) is 9.97 Å². The molecule has 0 radical (unpaired) electrons. The van der Waals surface area contributed by atoms with Crippen LogP contribution in [0.5, 0.6) is 6.01 Å². The summed E-state index contributed by atoms with van der Waals surface area (Å²) < 4.78 is 6.68. The summed E-state index contributed by atoms with van der Waals surface area (Å²) in [7, 11) is 0. The molecule has 0 bridgehead atoms. The maximum Gasteiger partial charge on any atom is 0.327 e. The molecule has 1 atom stereocenters. The van der Waals surface area contributed by atoms with Crippen LogP contribution in [0.15, 0.2) is 4.79 Å². The molecule has 0 aliphatic heterocycles. The van der Waals surface area contributed by atoms with Crippen molar-refractivity contribution in [3.63, 3.8) is 0 Å². The van der Waals surface area contributed by atoms with Gasteiger partial charge in [0.05, 0.1) is 13.0 Å². The van der Waals surface area contributed by atoms with E-state index in [1.54, 1.807) is 0 Å². The lowest BCUT2D eigenvalue weighted by Crippen LogP contribution is -2.40. The number of imidazole rings is 1. The molecule has 2 heterocycles. The highest BCUT2D eigenvalue weighted by atomic mass is 16.5. The number of nitrogens with one attached hydrogen (secondary N) is 2. The summed E-state index contributed by atoms with van der Waals surface area (Å²) >= 11 is 0. The largest absolute Gasteiger partial charge is 0.481 e. The van der Waals surface area contributed by atoms with Gasteiger partial charge in [0.2, 0.25) is 0 Å². The van der Waals surface area contributed by atoms with Gasteiger partial charge in [0.1, 0.15) is 11.6 Å². The van der Waals surface area contributed by atoms with Gasteiger partial charge in [-0.1, -0.05) is 13.3 Å². The Hall–Kier alpha value is -3.15. The number of anilines is 1. The number of aliphatic carboxylic acids is 2. The van der Waals surface area contributed by atoms with Crippen LogP contribution in [0.25, 0.3) is 11.2 Å². The Morgan fingerprint density at radius 3 is 2.74 bits per heavy atom. The van der Waals surface area contributed by atoms with E-state index in [1.165, 1.54) is 4.57 Å². The topological polar surface area (TPSA) is 185 Å². The lowest BCUT2D eigenvalue weighted by molar-refractivity contribution is -0.145. The van der Waals surface area contributed by atoms with E-state index in [0.29, 0.717) is 6.61 Å². The van der Waals surface area contributed by atoms with Gasteiger partial charge in [0, 0.05) is 13.1 Å². The highest BCUT2D eigenvalue weighted by Crippen LogP contribution is 2.17. The van der Waals surface area contributed by atoms with Gasteiger partial charge in [0.25, 0.3) is 0 Å². The summed E-state index contributed by atoms with van der Waals surface area (Å²) in [6, 6.07) is -1.22. The van der Waals surface area contributed by atoms with Crippen LogP contribution in [0, 0.1) is 0 Å². The first-order chi connectivity index (χ1) is 12.8. The third kappa shape index (κ3) is 5.17. The van der Waals surface area contributed by atoms with Crippen molar-refractivity contribution in [2.24, 2.45) is 0 Å². The fourth-order valence-corrected chi connectivity index (χ4v) is 2.38. The number of ether oxygens (including phenoxy) is 1. The second-order valence-corrected chi connectivity index (χ2v) is 5.82. The first-order valence-corrected chi connectivity index (χ1v) is 8.40. The number of nitrogens with two attached hydrogens (primary N) is 1. The fourth-order valence-electron chi connectivity index (χ4n) is 2.38. The molecule has 2 aromatic heterocycles. The van der Waals surface area contributed by atoms with Gasteiger partial charge in [-0.05, 0) is 6.42 Å². The number of hydrogen-bond donors (Lipinski definition) is 5. The van der Waals surface area contributed by atoms with Gasteiger partial charge in [-0.25, -0.2) is 4.79 Å². The highest BCUT2D eigenvalue weighted by Gasteiger charge is 2.21. The molecule has 6 N–H and O–H groups in total. The molecule has 0 fully saturated rings. The number of H-pyrrole nitrogens is 1. The van der Waals surface area contributed by atoms with Crippen molar-refractivity contribution in [3.05, 3.63) is 10.5 Å². The standard InChI is InChI=1S/C15H22N6O6/c1-2-3-6-27-14-19-11(16)10-12(20-14)21(15(26)18-10)5-4-17-8(13(24)25)7-9(22)23/h8,17H,2-7H2,1H3,(H,18,26)(H,22,23)(H,24,25)(H2,16,19,20)/t8-/m0/s1. The third-order valence-electron chi connectivity index (χ3n) is 3.76. The van der Waals surface area contributed by atoms with E-state index in [9.17, 15) is 14.4 Å². The van der Waals surface area contributed by atoms with E-state index in [-0.39, 0.29) is 36.1 Å². The highest BCUT2D eigenvalue weighted by molar-refractivity contribution is 5.82. The quantitative estimate of drug-likeness (QED) is 0.314. The number of unbranched alkanes of at least 4 members (excludes halogenated alkanes) is 1. The predicted octanol–water partition coefficient (Wildman–Crippen LogP) is -0.602. The number of aromatic amines is 1. The Bertz CT molecular complexity index is 876. The van der Waals surface area contributed by atoms with Crippen molar-refractivity contribution in [1.82, 2.24) is 24.8 Å². The minimum Gasteiger partial charge on any atom is -0.481 e. The molecular formula is C15H22N6O6. The van der Waals surface area contributed by atoms with E-state index >= 15 is 0 Å². The molecule has 12 nitrogen and oxygen atoms in total. The number of hydrogen-bond acceptors (Lipinski definition) is 8. The molecule has 2 rings (SSSR count). The average Bonchev–Trinajstić information content (AvgIpc) is 2.90. The zero-order chi connectivity index (χ0) is 20.0. The summed E-state index contributed by atoms with van der Waals surface area (Å²) in [5, 5.41) is 20.4. The lowest BCUT2D eigenvalue weighted by atomic mass is 10.2. The van der Waals surface area contributed by atoms with Gasteiger partial charge in [-0.3, -0.25) is 14.2 Å². The van der Waals surface area contributed by atoms with Crippen LogP contribution >= 0.6 is 0 Å². The summed E-state index contributed by atoms with van der Waals surface area (Å²) in [5.74, 6) is -2.47. The Labute approximate surface area is 153 Å². The maximum absolute atomic E-state index is 12.2. The third-order valence-corrected chi connectivity index (χ3v) is 3.76. The Morgan fingerprint density at radius 1 is 1.37 bits per heavy atom.